The number of hydrogen-bond acceptors (Lipinski definition) is 5. The van der Waals surface area contributed by atoms with Crippen LogP contribution >= 0.6 is 11.6 Å². The third kappa shape index (κ3) is 3.60. The van der Waals surface area contributed by atoms with Crippen molar-refractivity contribution >= 4 is 17.6 Å². The molecular formula is C13H15ClN8O. The van der Waals surface area contributed by atoms with E-state index in [1.807, 2.05) is 6.07 Å². The highest BCUT2D eigenvalue weighted by Crippen LogP contribution is 2.22. The molecule has 0 radical (unpaired) electrons. The van der Waals surface area contributed by atoms with Crippen LogP contribution in [0.25, 0.3) is 0 Å². The zero-order valence-corrected chi connectivity index (χ0v) is 13.0. The molecule has 10 heteroatoms. The minimum Gasteiger partial charge on any atom is -0.336 e. The quantitative estimate of drug-likeness (QED) is 0.884. The minimum atomic E-state index is -0.119. The second-order valence-electron chi connectivity index (χ2n) is 5.20. The van der Waals surface area contributed by atoms with Crippen LogP contribution in [0.4, 0.5) is 4.79 Å². The SMILES string of the molecule is N#Cc1ncn(CCNC(=O)N2CCC(n3cc(Cl)cn3)C2)n1. The molecular weight excluding hydrogens is 320 g/mol. The van der Waals surface area contributed by atoms with E-state index in [4.69, 9.17) is 16.9 Å². The predicted octanol–water partition coefficient (Wildman–Crippen LogP) is 0.656. The van der Waals surface area contributed by atoms with E-state index >= 15 is 0 Å². The molecule has 120 valence electrons. The van der Waals surface area contributed by atoms with Crippen molar-refractivity contribution in [1.29, 1.82) is 5.26 Å². The van der Waals surface area contributed by atoms with Crippen LogP contribution in [0.5, 0.6) is 0 Å². The molecule has 9 nitrogen and oxygen atoms in total. The molecule has 3 rings (SSSR count). The normalized spacial score (nSPS) is 17.2. The van der Waals surface area contributed by atoms with Gasteiger partial charge in [0, 0.05) is 25.8 Å². The first-order valence-corrected chi connectivity index (χ1v) is 7.55. The van der Waals surface area contributed by atoms with E-state index in [-0.39, 0.29) is 17.9 Å². The fraction of sp³-hybridized carbons (Fsp3) is 0.462. The Kier molecular flexibility index (Phi) is 4.43. The average molecular weight is 335 g/mol. The van der Waals surface area contributed by atoms with Crippen LogP contribution in [0, 0.1) is 11.3 Å². The molecule has 0 aromatic carbocycles. The van der Waals surface area contributed by atoms with Gasteiger partial charge in [-0.3, -0.25) is 4.68 Å². The Labute approximate surface area is 137 Å². The first kappa shape index (κ1) is 15.3. The van der Waals surface area contributed by atoms with Crippen molar-refractivity contribution in [2.45, 2.75) is 19.0 Å². The van der Waals surface area contributed by atoms with Crippen LogP contribution < -0.4 is 5.32 Å². The summed E-state index contributed by atoms with van der Waals surface area (Å²) in [6, 6.07) is 1.89. The number of halogens is 1. The van der Waals surface area contributed by atoms with Crippen molar-refractivity contribution in [3.05, 3.63) is 29.6 Å². The van der Waals surface area contributed by atoms with Crippen molar-refractivity contribution in [2.75, 3.05) is 19.6 Å². The number of amides is 2. The van der Waals surface area contributed by atoms with Crippen molar-refractivity contribution < 1.29 is 4.79 Å². The number of rotatable bonds is 4. The maximum Gasteiger partial charge on any atom is 0.317 e. The van der Waals surface area contributed by atoms with Gasteiger partial charge in [-0.1, -0.05) is 11.6 Å². The van der Waals surface area contributed by atoms with E-state index in [9.17, 15) is 4.79 Å². The van der Waals surface area contributed by atoms with Crippen LogP contribution in [0.15, 0.2) is 18.7 Å². The van der Waals surface area contributed by atoms with Gasteiger partial charge in [0.25, 0.3) is 5.82 Å². The van der Waals surface area contributed by atoms with Crippen LogP contribution in [0.2, 0.25) is 5.02 Å². The van der Waals surface area contributed by atoms with Crippen LogP contribution in [0.1, 0.15) is 18.3 Å². The first-order valence-electron chi connectivity index (χ1n) is 7.17. The Bertz CT molecular complexity index is 732. The third-order valence-corrected chi connectivity index (χ3v) is 3.84. The Morgan fingerprint density at radius 2 is 2.43 bits per heavy atom. The summed E-state index contributed by atoms with van der Waals surface area (Å²) in [6.07, 6.45) is 5.68. The molecule has 0 aliphatic carbocycles. The molecule has 3 heterocycles. The second-order valence-corrected chi connectivity index (χ2v) is 5.64. The molecule has 23 heavy (non-hydrogen) atoms. The minimum absolute atomic E-state index is 0.119. The van der Waals surface area contributed by atoms with Gasteiger partial charge in [0.05, 0.1) is 23.8 Å². The fourth-order valence-electron chi connectivity index (χ4n) is 2.50. The maximum atomic E-state index is 12.1. The van der Waals surface area contributed by atoms with Gasteiger partial charge in [-0.25, -0.2) is 14.5 Å². The number of carbonyl (C=O) groups is 1. The number of nitriles is 1. The van der Waals surface area contributed by atoms with Gasteiger partial charge in [-0.05, 0) is 6.42 Å². The molecule has 0 saturated carbocycles. The monoisotopic (exact) mass is 334 g/mol. The summed E-state index contributed by atoms with van der Waals surface area (Å²) < 4.78 is 3.33. The molecule has 2 amide bonds. The molecule has 1 saturated heterocycles. The van der Waals surface area contributed by atoms with Crippen molar-refractivity contribution in [3.63, 3.8) is 0 Å². The fourth-order valence-corrected chi connectivity index (χ4v) is 2.64. The Morgan fingerprint density at radius 1 is 1.57 bits per heavy atom. The smallest absolute Gasteiger partial charge is 0.317 e. The number of hydrogen-bond donors (Lipinski definition) is 1. The average Bonchev–Trinajstić information content (AvgIpc) is 3.26. The van der Waals surface area contributed by atoms with Crippen LogP contribution in [-0.4, -0.2) is 55.1 Å². The predicted molar refractivity (Wildman–Crippen MR) is 80.6 cm³/mol. The Hall–Kier alpha value is -2.60. The van der Waals surface area contributed by atoms with E-state index < -0.39 is 0 Å². The van der Waals surface area contributed by atoms with Gasteiger partial charge >= 0.3 is 6.03 Å². The maximum absolute atomic E-state index is 12.1. The number of nitrogens with zero attached hydrogens (tertiary/aromatic N) is 7. The lowest BCUT2D eigenvalue weighted by atomic mass is 10.3. The highest BCUT2D eigenvalue weighted by atomic mass is 35.5. The highest BCUT2D eigenvalue weighted by molar-refractivity contribution is 6.30. The molecule has 1 aliphatic heterocycles. The molecule has 1 unspecified atom stereocenters. The summed E-state index contributed by atoms with van der Waals surface area (Å²) in [5.74, 6) is 0.122. The molecule has 2 aromatic rings. The summed E-state index contributed by atoms with van der Waals surface area (Å²) in [5, 5.41) is 20.2. The van der Waals surface area contributed by atoms with Crippen LogP contribution in [-0.2, 0) is 6.54 Å². The molecule has 1 aliphatic rings. The number of nitrogens with one attached hydrogen (secondary N) is 1. The molecule has 0 spiro atoms. The number of likely N-dealkylation sites (tertiary alicyclic amines) is 1. The topological polar surface area (TPSA) is 105 Å². The number of aromatic nitrogens is 5. The zero-order valence-electron chi connectivity index (χ0n) is 12.3. The standard InChI is InChI=1S/C13H15ClN8O/c14-10-6-18-22(7-10)11-1-3-20(8-11)13(23)16-2-4-21-9-17-12(5-15)19-21/h6-7,9,11H,1-4,8H2,(H,16,23). The lowest BCUT2D eigenvalue weighted by Crippen LogP contribution is -2.40. The third-order valence-electron chi connectivity index (χ3n) is 3.65. The lowest BCUT2D eigenvalue weighted by Gasteiger charge is -2.17. The van der Waals surface area contributed by atoms with E-state index in [1.165, 1.54) is 11.0 Å². The Balaban J connectivity index is 1.45. The summed E-state index contributed by atoms with van der Waals surface area (Å²) in [6.45, 7) is 2.16. The molecule has 1 N–H and O–H groups in total. The van der Waals surface area contributed by atoms with Gasteiger partial charge in [-0.2, -0.15) is 10.4 Å². The largest absolute Gasteiger partial charge is 0.336 e. The van der Waals surface area contributed by atoms with E-state index in [2.05, 4.69) is 20.5 Å². The van der Waals surface area contributed by atoms with Crippen molar-refractivity contribution in [2.24, 2.45) is 0 Å². The number of urea groups is 1. The van der Waals surface area contributed by atoms with Gasteiger partial charge in [-0.15, -0.1) is 5.10 Å². The molecule has 2 aromatic heterocycles. The van der Waals surface area contributed by atoms with Gasteiger partial charge in [0.1, 0.15) is 12.4 Å². The van der Waals surface area contributed by atoms with Gasteiger partial charge in [0.2, 0.25) is 0 Å². The van der Waals surface area contributed by atoms with Gasteiger partial charge < -0.3 is 10.2 Å². The number of carbonyl (C=O) groups excluding carboxylic acids is 1. The Morgan fingerprint density at radius 3 is 3.13 bits per heavy atom. The second kappa shape index (κ2) is 6.66. The summed E-state index contributed by atoms with van der Waals surface area (Å²) in [4.78, 5) is 17.7. The van der Waals surface area contributed by atoms with Crippen LogP contribution in [0.3, 0.4) is 0 Å². The van der Waals surface area contributed by atoms with Gasteiger partial charge in [0.15, 0.2) is 0 Å². The van der Waals surface area contributed by atoms with E-state index in [0.29, 0.717) is 31.2 Å². The van der Waals surface area contributed by atoms with Crippen molar-refractivity contribution in [3.8, 4) is 6.07 Å². The van der Waals surface area contributed by atoms with E-state index in [1.54, 1.807) is 22.0 Å². The van der Waals surface area contributed by atoms with E-state index in [0.717, 1.165) is 6.42 Å². The zero-order chi connectivity index (χ0) is 16.2. The molecule has 1 fully saturated rings. The summed E-state index contributed by atoms with van der Waals surface area (Å²) in [7, 11) is 0. The highest BCUT2D eigenvalue weighted by Gasteiger charge is 2.27. The van der Waals surface area contributed by atoms with Crippen molar-refractivity contribution in [1.82, 2.24) is 34.8 Å². The summed E-state index contributed by atoms with van der Waals surface area (Å²) in [5.41, 5.74) is 0. The first-order chi connectivity index (χ1) is 11.2. The lowest BCUT2D eigenvalue weighted by molar-refractivity contribution is 0.206. The summed E-state index contributed by atoms with van der Waals surface area (Å²) >= 11 is 5.87. The molecule has 1 atom stereocenters. The molecule has 0 bridgehead atoms.